The molecular formula is C18H28O6. The largest absolute Gasteiger partial charge is 0.376 e. The summed E-state index contributed by atoms with van der Waals surface area (Å²) in [5, 5.41) is 0. The molecular weight excluding hydrogens is 312 g/mol. The quantitative estimate of drug-likeness (QED) is 0.556. The van der Waals surface area contributed by atoms with Crippen molar-refractivity contribution >= 4 is 0 Å². The second-order valence-electron chi connectivity index (χ2n) is 8.15. The summed E-state index contributed by atoms with van der Waals surface area (Å²) in [5.74, 6) is 1.05. The molecule has 136 valence electrons. The Balaban J connectivity index is 1.20. The van der Waals surface area contributed by atoms with Gasteiger partial charge in [-0.15, -0.1) is 0 Å². The fourth-order valence-electron chi connectivity index (χ4n) is 4.44. The predicted octanol–water partition coefficient (Wildman–Crippen LogP) is 1.16. The van der Waals surface area contributed by atoms with Crippen LogP contribution >= 0.6 is 0 Å². The molecule has 5 aliphatic rings. The number of ether oxygens (including phenoxy) is 6. The molecule has 5 rings (SSSR count). The van der Waals surface area contributed by atoms with E-state index >= 15 is 0 Å². The topological polar surface area (TPSA) is 68.6 Å². The molecule has 0 aromatic rings. The standard InChI is InChI=1S/C18H28O6/c1-2-4-16(18(12-24-18)10-20-6-14-8-22-14)15(3-1)17(11-23-17)9-19-5-13-7-21-13/h13-16H,1-12H2. The van der Waals surface area contributed by atoms with Gasteiger partial charge in [-0.1, -0.05) is 12.8 Å². The molecule has 5 fully saturated rings. The molecule has 24 heavy (non-hydrogen) atoms. The maximum atomic E-state index is 5.96. The minimum absolute atomic E-state index is 0.0848. The summed E-state index contributed by atoms with van der Waals surface area (Å²) in [6, 6.07) is 0. The highest BCUT2D eigenvalue weighted by molar-refractivity contribution is 5.10. The zero-order chi connectivity index (χ0) is 16.0. The molecule has 6 unspecified atom stereocenters. The van der Waals surface area contributed by atoms with Crippen LogP contribution in [0.5, 0.6) is 0 Å². The molecule has 4 aliphatic heterocycles. The van der Waals surface area contributed by atoms with Gasteiger partial charge in [-0.25, -0.2) is 0 Å². The number of rotatable bonds is 10. The van der Waals surface area contributed by atoms with E-state index in [1.807, 2.05) is 0 Å². The average Bonchev–Trinajstić information content (AvgIpc) is 3.45. The highest BCUT2D eigenvalue weighted by Gasteiger charge is 2.63. The Labute approximate surface area is 143 Å². The Morgan fingerprint density at radius 2 is 1.17 bits per heavy atom. The van der Waals surface area contributed by atoms with Crippen molar-refractivity contribution in [1.29, 1.82) is 0 Å². The molecule has 6 atom stereocenters. The Morgan fingerprint density at radius 3 is 1.50 bits per heavy atom. The molecule has 1 aliphatic carbocycles. The molecule has 0 bridgehead atoms. The van der Waals surface area contributed by atoms with Crippen LogP contribution < -0.4 is 0 Å². The Hall–Kier alpha value is -0.240. The van der Waals surface area contributed by atoms with Crippen molar-refractivity contribution in [2.75, 3.05) is 52.9 Å². The first-order chi connectivity index (χ1) is 11.8. The Kier molecular flexibility index (Phi) is 4.11. The molecule has 0 aromatic heterocycles. The van der Waals surface area contributed by atoms with Crippen LogP contribution in [0.4, 0.5) is 0 Å². The smallest absolute Gasteiger partial charge is 0.118 e. The Bertz CT molecular complexity index is 410. The van der Waals surface area contributed by atoms with Crippen molar-refractivity contribution in [2.24, 2.45) is 11.8 Å². The van der Waals surface area contributed by atoms with E-state index in [0.717, 1.165) is 26.4 Å². The van der Waals surface area contributed by atoms with Gasteiger partial charge in [0.2, 0.25) is 0 Å². The van der Waals surface area contributed by atoms with Crippen LogP contribution in [-0.4, -0.2) is 76.3 Å². The number of hydrogen-bond donors (Lipinski definition) is 0. The third-order valence-corrected chi connectivity index (χ3v) is 6.25. The van der Waals surface area contributed by atoms with Gasteiger partial charge in [0.1, 0.15) is 23.4 Å². The third-order valence-electron chi connectivity index (χ3n) is 6.25. The van der Waals surface area contributed by atoms with Gasteiger partial charge in [0.25, 0.3) is 0 Å². The summed E-state index contributed by atoms with van der Waals surface area (Å²) in [7, 11) is 0. The van der Waals surface area contributed by atoms with Crippen LogP contribution in [0, 0.1) is 11.8 Å². The van der Waals surface area contributed by atoms with Gasteiger partial charge in [0, 0.05) is 0 Å². The van der Waals surface area contributed by atoms with Crippen LogP contribution in [0.1, 0.15) is 25.7 Å². The summed E-state index contributed by atoms with van der Waals surface area (Å²) < 4.78 is 34.2. The van der Waals surface area contributed by atoms with Gasteiger partial charge in [-0.05, 0) is 24.7 Å². The SMILES string of the molecule is C1CCC(C2(COCC3CO3)CO2)C(C2(COCC3CO3)CO2)C1. The van der Waals surface area contributed by atoms with Gasteiger partial charge < -0.3 is 28.4 Å². The normalized spacial score (nSPS) is 49.0. The summed E-state index contributed by atoms with van der Waals surface area (Å²) in [6.07, 6.45) is 5.63. The molecule has 6 heteroatoms. The number of hydrogen-bond acceptors (Lipinski definition) is 6. The van der Waals surface area contributed by atoms with Crippen molar-refractivity contribution in [3.8, 4) is 0 Å². The highest BCUT2D eigenvalue weighted by atomic mass is 16.6. The second kappa shape index (κ2) is 6.18. The molecule has 1 saturated carbocycles. The van der Waals surface area contributed by atoms with Crippen molar-refractivity contribution in [1.82, 2.24) is 0 Å². The lowest BCUT2D eigenvalue weighted by atomic mass is 9.67. The van der Waals surface area contributed by atoms with Gasteiger partial charge in [-0.2, -0.15) is 0 Å². The molecule has 0 aromatic carbocycles. The van der Waals surface area contributed by atoms with Crippen molar-refractivity contribution in [2.45, 2.75) is 49.1 Å². The minimum atomic E-state index is -0.0848. The first kappa shape index (κ1) is 16.0. The van der Waals surface area contributed by atoms with Gasteiger partial charge in [0.05, 0.1) is 52.9 Å². The molecule has 0 N–H and O–H groups in total. The monoisotopic (exact) mass is 340 g/mol. The van der Waals surface area contributed by atoms with E-state index in [2.05, 4.69) is 0 Å². The lowest BCUT2D eigenvalue weighted by Crippen LogP contribution is -2.45. The van der Waals surface area contributed by atoms with Crippen LogP contribution in [0.25, 0.3) is 0 Å². The Morgan fingerprint density at radius 1 is 0.750 bits per heavy atom. The van der Waals surface area contributed by atoms with Crippen LogP contribution in [0.15, 0.2) is 0 Å². The van der Waals surface area contributed by atoms with Crippen molar-refractivity contribution in [3.63, 3.8) is 0 Å². The zero-order valence-electron chi connectivity index (χ0n) is 14.2. The van der Waals surface area contributed by atoms with E-state index in [-0.39, 0.29) is 11.2 Å². The van der Waals surface area contributed by atoms with Gasteiger partial charge >= 0.3 is 0 Å². The lowest BCUT2D eigenvalue weighted by Gasteiger charge is -2.39. The van der Waals surface area contributed by atoms with E-state index < -0.39 is 0 Å². The van der Waals surface area contributed by atoms with Crippen molar-refractivity contribution in [3.05, 3.63) is 0 Å². The van der Waals surface area contributed by atoms with E-state index in [4.69, 9.17) is 28.4 Å². The minimum Gasteiger partial charge on any atom is -0.376 e. The molecule has 0 amide bonds. The molecule has 4 heterocycles. The molecule has 6 nitrogen and oxygen atoms in total. The first-order valence-electron chi connectivity index (χ1n) is 9.46. The van der Waals surface area contributed by atoms with E-state index in [1.54, 1.807) is 0 Å². The van der Waals surface area contributed by atoms with E-state index in [9.17, 15) is 0 Å². The maximum absolute atomic E-state index is 5.96. The van der Waals surface area contributed by atoms with Crippen LogP contribution in [0.2, 0.25) is 0 Å². The predicted molar refractivity (Wildman–Crippen MR) is 83.9 cm³/mol. The van der Waals surface area contributed by atoms with Crippen LogP contribution in [0.3, 0.4) is 0 Å². The highest BCUT2D eigenvalue weighted by Crippen LogP contribution is 2.54. The fourth-order valence-corrected chi connectivity index (χ4v) is 4.44. The van der Waals surface area contributed by atoms with Crippen molar-refractivity contribution < 1.29 is 28.4 Å². The zero-order valence-corrected chi connectivity index (χ0v) is 14.2. The fraction of sp³-hybridized carbons (Fsp3) is 1.00. The third kappa shape index (κ3) is 3.37. The first-order valence-corrected chi connectivity index (χ1v) is 9.46. The summed E-state index contributed by atoms with van der Waals surface area (Å²) >= 11 is 0. The average molecular weight is 340 g/mol. The summed E-state index contributed by atoms with van der Waals surface area (Å²) in [6.45, 7) is 6.14. The van der Waals surface area contributed by atoms with E-state index in [0.29, 0.717) is 50.5 Å². The number of epoxide rings is 4. The molecule has 0 spiro atoms. The van der Waals surface area contributed by atoms with E-state index in [1.165, 1.54) is 25.7 Å². The molecule has 4 saturated heterocycles. The lowest BCUT2D eigenvalue weighted by molar-refractivity contribution is -0.0273. The second-order valence-corrected chi connectivity index (χ2v) is 8.15. The molecule has 0 radical (unpaired) electrons. The van der Waals surface area contributed by atoms with Crippen LogP contribution in [-0.2, 0) is 28.4 Å². The maximum Gasteiger partial charge on any atom is 0.118 e. The van der Waals surface area contributed by atoms with Gasteiger partial charge in [0.15, 0.2) is 0 Å². The van der Waals surface area contributed by atoms with Gasteiger partial charge in [-0.3, -0.25) is 0 Å². The summed E-state index contributed by atoms with van der Waals surface area (Å²) in [5.41, 5.74) is -0.170. The summed E-state index contributed by atoms with van der Waals surface area (Å²) in [4.78, 5) is 0.